The topological polar surface area (TPSA) is 102 Å². The molecule has 0 saturated carbocycles. The lowest BCUT2D eigenvalue weighted by Gasteiger charge is -2.24. The Kier molecular flexibility index (Phi) is 5.85. The quantitative estimate of drug-likeness (QED) is 0.363. The highest BCUT2D eigenvalue weighted by molar-refractivity contribution is 6.46. The number of amides is 1. The molecule has 1 fully saturated rings. The van der Waals surface area contributed by atoms with Gasteiger partial charge in [-0.2, -0.15) is 0 Å². The highest BCUT2D eigenvalue weighted by Gasteiger charge is 2.47. The van der Waals surface area contributed by atoms with Crippen LogP contribution in [0.4, 0.5) is 0 Å². The minimum absolute atomic E-state index is 0.0759. The highest BCUT2D eigenvalue weighted by atomic mass is 16.5. The molecule has 3 heterocycles. The van der Waals surface area contributed by atoms with Gasteiger partial charge in [-0.05, 0) is 36.4 Å². The maximum Gasteiger partial charge on any atom is 0.296 e. The number of Topliss-reactive ketones (excluding diaryl/α,β-unsaturated/α-hetero) is 1. The first-order chi connectivity index (χ1) is 15.6. The lowest BCUT2D eigenvalue weighted by atomic mass is 9.97. The van der Waals surface area contributed by atoms with Crippen LogP contribution in [0.1, 0.15) is 23.0 Å². The van der Waals surface area contributed by atoms with Gasteiger partial charge in [-0.1, -0.05) is 18.2 Å². The summed E-state index contributed by atoms with van der Waals surface area (Å²) in [5, 5.41) is 11.3. The average molecular weight is 431 g/mol. The van der Waals surface area contributed by atoms with Gasteiger partial charge in [0.2, 0.25) is 0 Å². The molecule has 32 heavy (non-hydrogen) atoms. The SMILES string of the molecule is COc1cccc(OC)c1/C(O)=C1\C(=O)C(=O)N(Cc2ccccn2)C1c1ccccn1. The van der Waals surface area contributed by atoms with Crippen molar-refractivity contribution >= 4 is 17.4 Å². The number of likely N-dealkylation sites (tertiary alicyclic amines) is 1. The molecular formula is C24H21N3O5. The van der Waals surface area contributed by atoms with Crippen molar-refractivity contribution in [2.24, 2.45) is 0 Å². The lowest BCUT2D eigenvalue weighted by molar-refractivity contribution is -0.140. The molecule has 4 rings (SSSR count). The van der Waals surface area contributed by atoms with Gasteiger partial charge in [-0.15, -0.1) is 0 Å². The summed E-state index contributed by atoms with van der Waals surface area (Å²) in [4.78, 5) is 36.2. The molecule has 0 radical (unpaired) electrons. The summed E-state index contributed by atoms with van der Waals surface area (Å²) in [6.07, 6.45) is 3.18. The number of nitrogens with zero attached hydrogens (tertiary/aromatic N) is 3. The Morgan fingerprint density at radius 3 is 2.16 bits per heavy atom. The molecule has 162 valence electrons. The summed E-state index contributed by atoms with van der Waals surface area (Å²) in [6, 6.07) is 14.6. The maximum absolute atomic E-state index is 13.2. The van der Waals surface area contributed by atoms with Crippen molar-refractivity contribution in [3.8, 4) is 11.5 Å². The molecule has 1 N–H and O–H groups in total. The van der Waals surface area contributed by atoms with E-state index in [4.69, 9.17) is 9.47 Å². The van der Waals surface area contributed by atoms with Gasteiger partial charge in [-0.25, -0.2) is 0 Å². The molecule has 0 bridgehead atoms. The van der Waals surface area contributed by atoms with Gasteiger partial charge in [0.15, 0.2) is 0 Å². The van der Waals surface area contributed by atoms with Crippen molar-refractivity contribution in [2.75, 3.05) is 14.2 Å². The fraction of sp³-hybridized carbons (Fsp3) is 0.167. The van der Waals surface area contributed by atoms with Crippen molar-refractivity contribution in [3.63, 3.8) is 0 Å². The Hall–Kier alpha value is -4.20. The molecule has 2 aromatic heterocycles. The second kappa shape index (κ2) is 8.89. The van der Waals surface area contributed by atoms with Crippen LogP contribution in [0.3, 0.4) is 0 Å². The molecule has 1 amide bonds. The molecule has 0 aliphatic carbocycles. The predicted octanol–water partition coefficient (Wildman–Crippen LogP) is 3.12. The summed E-state index contributed by atoms with van der Waals surface area (Å²) in [7, 11) is 2.89. The minimum Gasteiger partial charge on any atom is -0.506 e. The van der Waals surface area contributed by atoms with E-state index >= 15 is 0 Å². The molecular weight excluding hydrogens is 410 g/mol. The summed E-state index contributed by atoms with van der Waals surface area (Å²) in [5.41, 5.74) is 1.14. The third-order valence-electron chi connectivity index (χ3n) is 5.23. The number of aliphatic hydroxyl groups is 1. The lowest BCUT2D eigenvalue weighted by Crippen LogP contribution is -2.29. The molecule has 1 saturated heterocycles. The molecule has 8 heteroatoms. The number of ether oxygens (including phenoxy) is 2. The van der Waals surface area contributed by atoms with Gasteiger partial charge in [0.1, 0.15) is 28.9 Å². The van der Waals surface area contributed by atoms with E-state index in [2.05, 4.69) is 9.97 Å². The number of ketones is 1. The van der Waals surface area contributed by atoms with Crippen molar-refractivity contribution in [1.29, 1.82) is 0 Å². The second-order valence-corrected chi connectivity index (χ2v) is 7.04. The molecule has 1 atom stereocenters. The largest absolute Gasteiger partial charge is 0.506 e. The number of hydrogen-bond acceptors (Lipinski definition) is 7. The number of carbonyl (C=O) groups is 2. The molecule has 8 nitrogen and oxygen atoms in total. The van der Waals surface area contributed by atoms with E-state index in [9.17, 15) is 14.7 Å². The number of rotatable bonds is 6. The van der Waals surface area contributed by atoms with E-state index in [1.807, 2.05) is 0 Å². The molecule has 0 spiro atoms. The third kappa shape index (κ3) is 3.66. The fourth-order valence-corrected chi connectivity index (χ4v) is 3.77. The fourth-order valence-electron chi connectivity index (χ4n) is 3.77. The van der Waals surface area contributed by atoms with Gasteiger partial charge in [0.25, 0.3) is 11.7 Å². The van der Waals surface area contributed by atoms with Crippen LogP contribution >= 0.6 is 0 Å². The summed E-state index contributed by atoms with van der Waals surface area (Å²) in [5.74, 6) is -1.35. The van der Waals surface area contributed by atoms with Crippen LogP contribution in [-0.4, -0.2) is 45.9 Å². The molecule has 1 aliphatic rings. The average Bonchev–Trinajstić information content (AvgIpc) is 3.09. The van der Waals surface area contributed by atoms with Crippen LogP contribution in [0.15, 0.2) is 72.6 Å². The van der Waals surface area contributed by atoms with Crippen LogP contribution in [0.2, 0.25) is 0 Å². The van der Waals surface area contributed by atoms with Crippen molar-refractivity contribution in [2.45, 2.75) is 12.6 Å². The smallest absolute Gasteiger partial charge is 0.296 e. The normalized spacial score (nSPS) is 17.4. The van der Waals surface area contributed by atoms with E-state index in [0.29, 0.717) is 22.9 Å². The van der Waals surface area contributed by atoms with Crippen LogP contribution in [-0.2, 0) is 16.1 Å². The zero-order valence-corrected chi connectivity index (χ0v) is 17.6. The number of aliphatic hydroxyl groups excluding tert-OH is 1. The number of carbonyl (C=O) groups excluding carboxylic acids is 2. The van der Waals surface area contributed by atoms with Gasteiger partial charge >= 0.3 is 0 Å². The van der Waals surface area contributed by atoms with Gasteiger partial charge in [0.05, 0.1) is 37.7 Å². The minimum atomic E-state index is -0.909. The zero-order valence-electron chi connectivity index (χ0n) is 17.6. The molecule has 1 aromatic carbocycles. The van der Waals surface area contributed by atoms with Gasteiger partial charge in [-0.3, -0.25) is 19.6 Å². The summed E-state index contributed by atoms with van der Waals surface area (Å²) >= 11 is 0. The predicted molar refractivity (Wildman–Crippen MR) is 116 cm³/mol. The summed E-state index contributed by atoms with van der Waals surface area (Å²) < 4.78 is 10.8. The van der Waals surface area contributed by atoms with Crippen LogP contribution < -0.4 is 9.47 Å². The zero-order chi connectivity index (χ0) is 22.7. The Labute approximate surface area is 184 Å². The van der Waals surface area contributed by atoms with Gasteiger partial charge < -0.3 is 19.5 Å². The Bertz CT molecular complexity index is 1160. The number of methoxy groups -OCH3 is 2. The van der Waals surface area contributed by atoms with E-state index in [1.165, 1.54) is 19.1 Å². The van der Waals surface area contributed by atoms with Gasteiger partial charge in [0, 0.05) is 12.4 Å². The highest BCUT2D eigenvalue weighted by Crippen LogP contribution is 2.43. The first-order valence-electron chi connectivity index (χ1n) is 9.87. The Morgan fingerprint density at radius 1 is 0.938 bits per heavy atom. The number of hydrogen-bond donors (Lipinski definition) is 1. The standard InChI is InChI=1S/C24H21N3O5/c1-31-17-10-7-11-18(32-2)19(17)22(28)20-21(16-9-4-6-13-26-16)27(24(30)23(20)29)14-15-8-3-5-12-25-15/h3-13,21,28H,14H2,1-2H3/b22-20+. The Morgan fingerprint density at radius 2 is 1.59 bits per heavy atom. The van der Waals surface area contributed by atoms with E-state index in [0.717, 1.165) is 0 Å². The van der Waals surface area contributed by atoms with Crippen molar-refractivity contribution in [3.05, 3.63) is 89.5 Å². The molecule has 1 unspecified atom stereocenters. The van der Waals surface area contributed by atoms with E-state index in [1.54, 1.807) is 67.0 Å². The van der Waals surface area contributed by atoms with Crippen LogP contribution in [0.5, 0.6) is 11.5 Å². The Balaban J connectivity index is 1.92. The first kappa shape index (κ1) is 21.0. The number of aromatic nitrogens is 2. The third-order valence-corrected chi connectivity index (χ3v) is 5.23. The van der Waals surface area contributed by atoms with Crippen molar-refractivity contribution in [1.82, 2.24) is 14.9 Å². The number of pyridine rings is 2. The van der Waals surface area contributed by atoms with Crippen LogP contribution in [0, 0.1) is 0 Å². The number of benzene rings is 1. The maximum atomic E-state index is 13.2. The molecule has 1 aliphatic heterocycles. The van der Waals surface area contributed by atoms with E-state index < -0.39 is 23.5 Å². The van der Waals surface area contributed by atoms with E-state index in [-0.39, 0.29) is 17.7 Å². The summed E-state index contributed by atoms with van der Waals surface area (Å²) in [6.45, 7) is 0.0759. The molecule has 3 aromatic rings. The van der Waals surface area contributed by atoms with Crippen LogP contribution in [0.25, 0.3) is 5.76 Å². The second-order valence-electron chi connectivity index (χ2n) is 7.04. The monoisotopic (exact) mass is 431 g/mol. The first-order valence-corrected chi connectivity index (χ1v) is 9.87. The van der Waals surface area contributed by atoms with Crippen molar-refractivity contribution < 1.29 is 24.2 Å².